The van der Waals surface area contributed by atoms with Crippen LogP contribution in [0.3, 0.4) is 0 Å². The van der Waals surface area contributed by atoms with Crippen LogP contribution in [-0.4, -0.2) is 21.6 Å². The average Bonchev–Trinajstić information content (AvgIpc) is 3.27. The lowest BCUT2D eigenvalue weighted by Crippen LogP contribution is -2.41. The molecule has 1 N–H and O–H groups in total. The zero-order valence-electron chi connectivity index (χ0n) is 17.2. The second kappa shape index (κ2) is 9.19. The lowest BCUT2D eigenvalue weighted by atomic mass is 10.2. The van der Waals surface area contributed by atoms with Crippen molar-refractivity contribution in [2.45, 2.75) is 20.0 Å². The van der Waals surface area contributed by atoms with Crippen LogP contribution in [0, 0.1) is 5.82 Å². The van der Waals surface area contributed by atoms with Crippen molar-refractivity contribution in [1.82, 2.24) is 9.13 Å². The summed E-state index contributed by atoms with van der Waals surface area (Å²) in [6, 6.07) is 14.4. The van der Waals surface area contributed by atoms with Gasteiger partial charge in [-0.15, -0.1) is 11.3 Å². The highest BCUT2D eigenvalue weighted by Gasteiger charge is 2.17. The number of nitrogens with zero attached hydrogens (tertiary/aromatic N) is 2. The number of carbonyl (C=O) groups is 1. The maximum atomic E-state index is 14.1. The largest absolute Gasteiger partial charge is 0.494 e. The molecule has 0 atom stereocenters. The number of aromatic nitrogens is 2. The molecule has 9 heteroatoms. The molecule has 0 unspecified atom stereocenters. The first-order valence-corrected chi connectivity index (χ1v) is 10.8. The number of benzene rings is 2. The second-order valence-electron chi connectivity index (χ2n) is 6.99. The van der Waals surface area contributed by atoms with E-state index in [2.05, 4.69) is 5.32 Å². The van der Waals surface area contributed by atoms with Gasteiger partial charge in [0.25, 0.3) is 5.56 Å². The molecule has 0 saturated heterocycles. The summed E-state index contributed by atoms with van der Waals surface area (Å²) in [5.41, 5.74) is -0.0465. The Morgan fingerprint density at radius 2 is 1.81 bits per heavy atom. The summed E-state index contributed by atoms with van der Waals surface area (Å²) < 4.78 is 22.0. The van der Waals surface area contributed by atoms with Crippen molar-refractivity contribution < 1.29 is 13.9 Å². The third-order valence-electron chi connectivity index (χ3n) is 4.87. The molecule has 0 aliphatic carbocycles. The molecule has 7 nitrogen and oxygen atoms in total. The van der Waals surface area contributed by atoms with E-state index in [1.165, 1.54) is 34.1 Å². The predicted molar refractivity (Wildman–Crippen MR) is 122 cm³/mol. The van der Waals surface area contributed by atoms with Crippen molar-refractivity contribution >= 4 is 33.1 Å². The van der Waals surface area contributed by atoms with Gasteiger partial charge in [-0.3, -0.25) is 18.7 Å². The molecule has 2 heterocycles. The Labute approximate surface area is 186 Å². The minimum Gasteiger partial charge on any atom is -0.494 e. The van der Waals surface area contributed by atoms with Gasteiger partial charge in [-0.1, -0.05) is 18.2 Å². The normalized spacial score (nSPS) is 10.9. The lowest BCUT2D eigenvalue weighted by Gasteiger charge is -2.13. The van der Waals surface area contributed by atoms with Gasteiger partial charge in [0.05, 0.1) is 18.7 Å². The van der Waals surface area contributed by atoms with Crippen LogP contribution in [0.1, 0.15) is 12.5 Å². The van der Waals surface area contributed by atoms with Gasteiger partial charge in [0.15, 0.2) is 0 Å². The van der Waals surface area contributed by atoms with Crippen molar-refractivity contribution in [2.75, 3.05) is 11.9 Å². The molecule has 2 aromatic heterocycles. The summed E-state index contributed by atoms with van der Waals surface area (Å²) in [5, 5.41) is 4.42. The van der Waals surface area contributed by atoms with Crippen LogP contribution < -0.4 is 21.3 Å². The van der Waals surface area contributed by atoms with E-state index in [0.29, 0.717) is 28.3 Å². The van der Waals surface area contributed by atoms with Crippen molar-refractivity contribution in [3.63, 3.8) is 0 Å². The van der Waals surface area contributed by atoms with E-state index in [1.54, 1.807) is 41.8 Å². The quantitative estimate of drug-likeness (QED) is 0.465. The summed E-state index contributed by atoms with van der Waals surface area (Å²) >= 11 is 1.17. The fourth-order valence-corrected chi connectivity index (χ4v) is 4.21. The summed E-state index contributed by atoms with van der Waals surface area (Å²) in [4.78, 5) is 38.7. The highest BCUT2D eigenvalue weighted by molar-refractivity contribution is 7.17. The number of ether oxygens (including phenoxy) is 1. The molecule has 0 aliphatic heterocycles. The van der Waals surface area contributed by atoms with Gasteiger partial charge in [0, 0.05) is 11.3 Å². The van der Waals surface area contributed by atoms with Gasteiger partial charge in [-0.05, 0) is 48.7 Å². The highest BCUT2D eigenvalue weighted by atomic mass is 32.1. The minimum absolute atomic E-state index is 0.216. The Balaban J connectivity index is 1.65. The molecular weight excluding hydrogens is 433 g/mol. The van der Waals surface area contributed by atoms with Crippen LogP contribution >= 0.6 is 11.3 Å². The number of hydrogen-bond donors (Lipinski definition) is 1. The molecule has 2 aromatic carbocycles. The third kappa shape index (κ3) is 4.33. The van der Waals surface area contributed by atoms with E-state index in [1.807, 2.05) is 6.92 Å². The maximum Gasteiger partial charge on any atom is 0.332 e. The van der Waals surface area contributed by atoms with E-state index < -0.39 is 23.0 Å². The number of thiophene rings is 1. The lowest BCUT2D eigenvalue weighted by molar-refractivity contribution is -0.116. The van der Waals surface area contributed by atoms with E-state index in [0.717, 1.165) is 4.57 Å². The summed E-state index contributed by atoms with van der Waals surface area (Å²) in [7, 11) is 0. The molecular formula is C23H20FN3O4S. The van der Waals surface area contributed by atoms with Gasteiger partial charge in [-0.25, -0.2) is 9.18 Å². The van der Waals surface area contributed by atoms with Gasteiger partial charge in [0.2, 0.25) is 5.91 Å². The summed E-state index contributed by atoms with van der Waals surface area (Å²) in [6.07, 6.45) is 0. The first-order chi connectivity index (χ1) is 15.5. The van der Waals surface area contributed by atoms with Crippen LogP contribution in [0.25, 0.3) is 10.2 Å². The van der Waals surface area contributed by atoms with E-state index in [4.69, 9.17) is 4.74 Å². The average molecular weight is 453 g/mol. The topological polar surface area (TPSA) is 82.3 Å². The van der Waals surface area contributed by atoms with Crippen LogP contribution in [0.2, 0.25) is 0 Å². The fourth-order valence-electron chi connectivity index (χ4n) is 3.37. The van der Waals surface area contributed by atoms with Crippen LogP contribution in [-0.2, 0) is 17.9 Å². The number of fused-ring (bicyclic) bond motifs is 1. The van der Waals surface area contributed by atoms with Gasteiger partial charge in [-0.2, -0.15) is 0 Å². The van der Waals surface area contributed by atoms with E-state index in [9.17, 15) is 18.8 Å². The van der Waals surface area contributed by atoms with E-state index in [-0.39, 0.29) is 18.7 Å². The number of nitrogens with one attached hydrogen (secondary N) is 1. The molecule has 0 fully saturated rings. The highest BCUT2D eigenvalue weighted by Crippen LogP contribution is 2.18. The Morgan fingerprint density at radius 1 is 1.06 bits per heavy atom. The Morgan fingerprint density at radius 3 is 2.53 bits per heavy atom. The van der Waals surface area contributed by atoms with Gasteiger partial charge in [0.1, 0.15) is 22.8 Å². The Hall–Kier alpha value is -3.72. The molecule has 0 aliphatic rings. The van der Waals surface area contributed by atoms with Crippen LogP contribution in [0.5, 0.6) is 5.75 Å². The Kier molecular flexibility index (Phi) is 6.18. The molecule has 1 amide bonds. The van der Waals surface area contributed by atoms with Gasteiger partial charge < -0.3 is 10.1 Å². The van der Waals surface area contributed by atoms with E-state index >= 15 is 0 Å². The van der Waals surface area contributed by atoms with Crippen molar-refractivity contribution in [3.8, 4) is 5.75 Å². The smallest absolute Gasteiger partial charge is 0.332 e. The second-order valence-corrected chi connectivity index (χ2v) is 7.91. The molecule has 0 radical (unpaired) electrons. The fraction of sp³-hybridized carbons (Fsp3) is 0.174. The predicted octanol–water partition coefficient (Wildman–Crippen LogP) is 3.45. The van der Waals surface area contributed by atoms with Crippen LogP contribution in [0.15, 0.2) is 69.6 Å². The third-order valence-corrected chi connectivity index (χ3v) is 5.77. The zero-order chi connectivity index (χ0) is 22.7. The molecule has 164 valence electrons. The van der Waals surface area contributed by atoms with Crippen molar-refractivity contribution in [2.24, 2.45) is 0 Å². The number of amides is 1. The standard InChI is InChI=1S/C23H20FN3O4S/c1-2-31-17-9-7-16(8-10-17)25-20(28)14-26-19-11-12-32-21(19)22(29)27(23(26)30)13-15-5-3-4-6-18(15)24/h3-12H,2,13-14H2,1H3,(H,25,28). The molecule has 0 bridgehead atoms. The molecule has 0 spiro atoms. The Bertz CT molecular complexity index is 1390. The van der Waals surface area contributed by atoms with Crippen molar-refractivity contribution in [3.05, 3.63) is 92.2 Å². The monoisotopic (exact) mass is 453 g/mol. The molecule has 4 rings (SSSR count). The maximum absolute atomic E-state index is 14.1. The van der Waals surface area contributed by atoms with Gasteiger partial charge >= 0.3 is 5.69 Å². The molecule has 32 heavy (non-hydrogen) atoms. The minimum atomic E-state index is -0.675. The summed E-state index contributed by atoms with van der Waals surface area (Å²) in [5.74, 6) is -0.258. The van der Waals surface area contributed by atoms with Crippen LogP contribution in [0.4, 0.5) is 10.1 Å². The number of hydrogen-bond acceptors (Lipinski definition) is 5. The first-order valence-electron chi connectivity index (χ1n) is 9.95. The number of anilines is 1. The molecule has 4 aromatic rings. The molecule has 0 saturated carbocycles. The SMILES string of the molecule is CCOc1ccc(NC(=O)Cn2c(=O)n(Cc3ccccc3F)c(=O)c3sccc32)cc1. The number of rotatable bonds is 7. The zero-order valence-corrected chi connectivity index (χ0v) is 18.0. The summed E-state index contributed by atoms with van der Waals surface area (Å²) in [6.45, 7) is 1.90. The first kappa shape index (κ1) is 21.5. The number of carbonyl (C=O) groups excluding carboxylic acids is 1. The number of halogens is 1. The van der Waals surface area contributed by atoms with Crippen molar-refractivity contribution in [1.29, 1.82) is 0 Å².